The lowest BCUT2D eigenvalue weighted by atomic mass is 10.00. The fourth-order valence-electron chi connectivity index (χ4n) is 2.28. The van der Waals surface area contributed by atoms with E-state index in [0.717, 1.165) is 23.1 Å². The van der Waals surface area contributed by atoms with Crippen molar-refractivity contribution in [3.05, 3.63) is 65.4 Å². The molecule has 0 atom stereocenters. The molecule has 1 heterocycles. The van der Waals surface area contributed by atoms with E-state index in [0.29, 0.717) is 5.92 Å². The molecule has 2 nitrogen and oxygen atoms in total. The Labute approximate surface area is 113 Å². The van der Waals surface area contributed by atoms with Crippen LogP contribution in [0, 0.1) is 0 Å². The van der Waals surface area contributed by atoms with Gasteiger partial charge in [-0.25, -0.2) is 0 Å². The molecule has 0 amide bonds. The maximum absolute atomic E-state index is 5.33. The monoisotopic (exact) mass is 251 g/mol. The van der Waals surface area contributed by atoms with Gasteiger partial charge in [0, 0.05) is 11.8 Å². The average Bonchev–Trinajstić information content (AvgIpc) is 2.83. The molecular formula is C17H17NO. The zero-order chi connectivity index (χ0) is 13.2. The Kier molecular flexibility index (Phi) is 3.08. The van der Waals surface area contributed by atoms with Gasteiger partial charge in [0.25, 0.3) is 0 Å². The van der Waals surface area contributed by atoms with Crippen LogP contribution in [0.15, 0.2) is 53.1 Å². The third-order valence-electron chi connectivity index (χ3n) is 3.47. The molecule has 19 heavy (non-hydrogen) atoms. The number of hydrogen-bond donors (Lipinski definition) is 0. The molecule has 0 radical (unpaired) electrons. The molecule has 3 rings (SSSR count). The highest BCUT2D eigenvalue weighted by molar-refractivity contribution is 5.79. The largest absolute Gasteiger partial charge is 0.356 e. The van der Waals surface area contributed by atoms with Gasteiger partial charge < -0.3 is 4.52 Å². The second kappa shape index (κ2) is 4.88. The molecule has 2 heteroatoms. The van der Waals surface area contributed by atoms with E-state index in [1.54, 1.807) is 0 Å². The van der Waals surface area contributed by atoms with Gasteiger partial charge >= 0.3 is 0 Å². The Balaban J connectivity index is 1.88. The highest BCUT2D eigenvalue weighted by atomic mass is 16.5. The van der Waals surface area contributed by atoms with Crippen molar-refractivity contribution in [1.82, 2.24) is 5.16 Å². The fraction of sp³-hybridized carbons (Fsp3) is 0.235. The zero-order valence-electron chi connectivity index (χ0n) is 11.3. The van der Waals surface area contributed by atoms with Crippen molar-refractivity contribution >= 4 is 11.0 Å². The molecule has 0 saturated heterocycles. The molecule has 0 aliphatic carbocycles. The summed E-state index contributed by atoms with van der Waals surface area (Å²) in [5, 5.41) is 5.28. The minimum Gasteiger partial charge on any atom is -0.356 e. The van der Waals surface area contributed by atoms with E-state index in [-0.39, 0.29) is 0 Å². The first kappa shape index (κ1) is 12.0. The van der Waals surface area contributed by atoms with Crippen molar-refractivity contribution in [2.24, 2.45) is 0 Å². The van der Waals surface area contributed by atoms with Crippen molar-refractivity contribution in [3.8, 4) is 0 Å². The highest BCUT2D eigenvalue weighted by Gasteiger charge is 2.08. The van der Waals surface area contributed by atoms with E-state index in [9.17, 15) is 0 Å². The molecule has 0 aliphatic heterocycles. The molecule has 96 valence electrons. The standard InChI is InChI=1S/C17H17NO/c1-12(2)14-9-7-13(8-10-14)11-16-15-5-3-4-6-17(15)19-18-16/h3-10,12H,11H2,1-2H3. The number of hydrogen-bond acceptors (Lipinski definition) is 2. The average molecular weight is 251 g/mol. The summed E-state index contributed by atoms with van der Waals surface area (Å²) < 4.78 is 5.33. The van der Waals surface area contributed by atoms with Crippen LogP contribution < -0.4 is 0 Å². The van der Waals surface area contributed by atoms with Crippen LogP contribution in [-0.2, 0) is 6.42 Å². The smallest absolute Gasteiger partial charge is 0.167 e. The van der Waals surface area contributed by atoms with Crippen molar-refractivity contribution in [2.45, 2.75) is 26.2 Å². The van der Waals surface area contributed by atoms with E-state index >= 15 is 0 Å². The Hall–Kier alpha value is -2.09. The van der Waals surface area contributed by atoms with Gasteiger partial charge in [-0.2, -0.15) is 0 Å². The Morgan fingerprint density at radius 3 is 2.47 bits per heavy atom. The number of fused-ring (bicyclic) bond motifs is 1. The first-order chi connectivity index (χ1) is 9.24. The maximum atomic E-state index is 5.33. The van der Waals surface area contributed by atoms with Crippen LogP contribution >= 0.6 is 0 Å². The van der Waals surface area contributed by atoms with Gasteiger partial charge in [-0.3, -0.25) is 0 Å². The highest BCUT2D eigenvalue weighted by Crippen LogP contribution is 2.21. The number of benzene rings is 2. The molecule has 0 fully saturated rings. The van der Waals surface area contributed by atoms with Gasteiger partial charge in [-0.1, -0.05) is 55.4 Å². The van der Waals surface area contributed by atoms with Crippen molar-refractivity contribution in [2.75, 3.05) is 0 Å². The minimum absolute atomic E-state index is 0.571. The number of nitrogens with zero attached hydrogens (tertiary/aromatic N) is 1. The SMILES string of the molecule is CC(C)c1ccc(Cc2noc3ccccc23)cc1. The quantitative estimate of drug-likeness (QED) is 0.683. The third kappa shape index (κ3) is 2.39. The first-order valence-corrected chi connectivity index (χ1v) is 6.66. The van der Waals surface area contributed by atoms with Crippen LogP contribution in [0.3, 0.4) is 0 Å². The summed E-state index contributed by atoms with van der Waals surface area (Å²) in [5.74, 6) is 0.571. The Morgan fingerprint density at radius 2 is 1.74 bits per heavy atom. The summed E-state index contributed by atoms with van der Waals surface area (Å²) in [6.07, 6.45) is 0.815. The molecule has 0 bridgehead atoms. The molecule has 0 spiro atoms. The topological polar surface area (TPSA) is 26.0 Å². The predicted molar refractivity (Wildman–Crippen MR) is 77.3 cm³/mol. The normalized spacial score (nSPS) is 11.3. The second-order valence-electron chi connectivity index (χ2n) is 5.20. The Morgan fingerprint density at radius 1 is 1.00 bits per heavy atom. The molecule has 1 aromatic heterocycles. The summed E-state index contributed by atoms with van der Waals surface area (Å²) in [6.45, 7) is 4.42. The fourth-order valence-corrected chi connectivity index (χ4v) is 2.28. The molecular weight excluding hydrogens is 234 g/mol. The van der Waals surface area contributed by atoms with Gasteiger partial charge in [-0.15, -0.1) is 0 Å². The third-order valence-corrected chi connectivity index (χ3v) is 3.47. The van der Waals surface area contributed by atoms with Crippen LogP contribution in [0.2, 0.25) is 0 Å². The summed E-state index contributed by atoms with van der Waals surface area (Å²) >= 11 is 0. The molecule has 3 aromatic rings. The second-order valence-corrected chi connectivity index (χ2v) is 5.20. The van der Waals surface area contributed by atoms with Gasteiger partial charge in [0.15, 0.2) is 5.58 Å². The maximum Gasteiger partial charge on any atom is 0.167 e. The minimum atomic E-state index is 0.571. The lowest BCUT2D eigenvalue weighted by Crippen LogP contribution is -1.91. The number of rotatable bonds is 3. The van der Waals surface area contributed by atoms with Crippen LogP contribution in [0.1, 0.15) is 36.6 Å². The summed E-state index contributed by atoms with van der Waals surface area (Å²) in [6, 6.07) is 16.7. The van der Waals surface area contributed by atoms with Crippen molar-refractivity contribution in [3.63, 3.8) is 0 Å². The van der Waals surface area contributed by atoms with Crippen LogP contribution in [0.25, 0.3) is 11.0 Å². The first-order valence-electron chi connectivity index (χ1n) is 6.66. The van der Waals surface area contributed by atoms with E-state index in [1.807, 2.05) is 18.2 Å². The van der Waals surface area contributed by atoms with E-state index in [2.05, 4.69) is 49.3 Å². The van der Waals surface area contributed by atoms with Crippen LogP contribution in [0.4, 0.5) is 0 Å². The molecule has 0 unspecified atom stereocenters. The van der Waals surface area contributed by atoms with Gasteiger partial charge in [-0.05, 0) is 29.2 Å². The number of aromatic nitrogens is 1. The molecule has 0 aliphatic rings. The van der Waals surface area contributed by atoms with Crippen LogP contribution in [-0.4, -0.2) is 5.16 Å². The van der Waals surface area contributed by atoms with Crippen molar-refractivity contribution < 1.29 is 4.52 Å². The van der Waals surface area contributed by atoms with E-state index in [4.69, 9.17) is 4.52 Å². The predicted octanol–water partition coefficient (Wildman–Crippen LogP) is 4.54. The summed E-state index contributed by atoms with van der Waals surface area (Å²) in [5.41, 5.74) is 4.50. The molecule has 0 N–H and O–H groups in total. The lowest BCUT2D eigenvalue weighted by Gasteiger charge is -2.06. The van der Waals surface area contributed by atoms with Crippen LogP contribution in [0.5, 0.6) is 0 Å². The van der Waals surface area contributed by atoms with E-state index in [1.165, 1.54) is 11.1 Å². The number of para-hydroxylation sites is 1. The lowest BCUT2D eigenvalue weighted by molar-refractivity contribution is 0.448. The van der Waals surface area contributed by atoms with E-state index < -0.39 is 0 Å². The van der Waals surface area contributed by atoms with Crippen molar-refractivity contribution in [1.29, 1.82) is 0 Å². The van der Waals surface area contributed by atoms with Gasteiger partial charge in [0.05, 0.1) is 5.69 Å². The molecule has 2 aromatic carbocycles. The zero-order valence-corrected chi connectivity index (χ0v) is 11.3. The summed E-state index contributed by atoms with van der Waals surface area (Å²) in [7, 11) is 0. The van der Waals surface area contributed by atoms with Gasteiger partial charge in [0.1, 0.15) is 0 Å². The summed E-state index contributed by atoms with van der Waals surface area (Å²) in [4.78, 5) is 0. The molecule has 0 saturated carbocycles. The Bertz CT molecular complexity index is 680. The van der Waals surface area contributed by atoms with Gasteiger partial charge in [0.2, 0.25) is 0 Å².